The quantitative estimate of drug-likeness (QED) is 0.737. The molecule has 1 unspecified atom stereocenters. The first-order valence-electron chi connectivity index (χ1n) is 9.07. The average molecular weight is 356 g/mol. The molecule has 2 aromatic carbocycles. The van der Waals surface area contributed by atoms with E-state index in [1.165, 1.54) is 0 Å². The van der Waals surface area contributed by atoms with Gasteiger partial charge < -0.3 is 24.1 Å². The lowest BCUT2D eigenvalue weighted by Crippen LogP contribution is -2.33. The molecule has 0 spiro atoms. The van der Waals surface area contributed by atoms with Gasteiger partial charge in [0.2, 0.25) is 0 Å². The molecule has 0 amide bonds. The molecule has 2 saturated heterocycles. The van der Waals surface area contributed by atoms with Crippen LogP contribution >= 0.6 is 0 Å². The van der Waals surface area contributed by atoms with Crippen molar-refractivity contribution in [3.8, 4) is 0 Å². The third-order valence-electron chi connectivity index (χ3n) is 4.84. The summed E-state index contributed by atoms with van der Waals surface area (Å²) in [4.78, 5) is 0. The largest absolute Gasteiger partial charge is 0.394 e. The minimum Gasteiger partial charge on any atom is -0.394 e. The van der Waals surface area contributed by atoms with Gasteiger partial charge in [0.25, 0.3) is 0 Å². The standard InChI is InChI=1S/C21H24O5/c22-12-19-18(25-19)11-17(23-13-15-7-3-1-4-8-15)20-14-24-21(26-20)16-9-5-2-6-10-16/h1-10,17-22H,11-14H2/t17-,18+,19+,20+,21?/m1/s1. The van der Waals surface area contributed by atoms with Gasteiger partial charge in [-0.05, 0) is 5.56 Å². The predicted octanol–water partition coefficient (Wildman–Crippen LogP) is 2.84. The predicted molar refractivity (Wildman–Crippen MR) is 95.4 cm³/mol. The summed E-state index contributed by atoms with van der Waals surface area (Å²) in [6, 6.07) is 20.0. The van der Waals surface area contributed by atoms with E-state index in [0.29, 0.717) is 19.6 Å². The summed E-state index contributed by atoms with van der Waals surface area (Å²) in [6.07, 6.45) is -0.0333. The molecule has 2 aromatic rings. The minimum atomic E-state index is -0.363. The Morgan fingerprint density at radius 3 is 2.38 bits per heavy atom. The van der Waals surface area contributed by atoms with Crippen LogP contribution in [0.5, 0.6) is 0 Å². The normalized spacial score (nSPS) is 28.8. The van der Waals surface area contributed by atoms with Crippen molar-refractivity contribution in [3.63, 3.8) is 0 Å². The molecule has 0 saturated carbocycles. The first-order chi connectivity index (χ1) is 12.8. The van der Waals surface area contributed by atoms with Gasteiger partial charge in [-0.3, -0.25) is 0 Å². The monoisotopic (exact) mass is 356 g/mol. The molecule has 0 radical (unpaired) electrons. The Labute approximate surface area is 153 Å². The zero-order chi connectivity index (χ0) is 17.8. The molecule has 0 aromatic heterocycles. The highest BCUT2D eigenvalue weighted by Gasteiger charge is 2.43. The number of rotatable bonds is 8. The Balaban J connectivity index is 1.39. The van der Waals surface area contributed by atoms with Gasteiger partial charge in [-0.1, -0.05) is 60.7 Å². The molecule has 0 aliphatic carbocycles. The van der Waals surface area contributed by atoms with E-state index < -0.39 is 0 Å². The van der Waals surface area contributed by atoms with Crippen LogP contribution in [-0.2, 0) is 25.6 Å². The second-order valence-electron chi connectivity index (χ2n) is 6.72. The van der Waals surface area contributed by atoms with Crippen molar-refractivity contribution < 1.29 is 24.1 Å². The molecule has 5 heteroatoms. The molecule has 5 nitrogen and oxygen atoms in total. The van der Waals surface area contributed by atoms with Crippen LogP contribution in [-0.4, -0.2) is 42.7 Å². The van der Waals surface area contributed by atoms with Crippen LogP contribution in [0.15, 0.2) is 60.7 Å². The molecule has 0 bridgehead atoms. The second-order valence-corrected chi connectivity index (χ2v) is 6.72. The van der Waals surface area contributed by atoms with Crippen LogP contribution in [0.3, 0.4) is 0 Å². The van der Waals surface area contributed by atoms with Gasteiger partial charge in [0.1, 0.15) is 12.2 Å². The molecule has 5 atom stereocenters. The lowest BCUT2D eigenvalue weighted by atomic mass is 10.1. The molecule has 4 rings (SSSR count). The van der Waals surface area contributed by atoms with Crippen molar-refractivity contribution in [2.75, 3.05) is 13.2 Å². The van der Waals surface area contributed by atoms with Crippen LogP contribution in [0, 0.1) is 0 Å². The maximum Gasteiger partial charge on any atom is 0.184 e. The van der Waals surface area contributed by atoms with Crippen molar-refractivity contribution in [1.29, 1.82) is 0 Å². The molecule has 2 aliphatic heterocycles. The number of ether oxygens (including phenoxy) is 4. The number of hydrogen-bond donors (Lipinski definition) is 1. The van der Waals surface area contributed by atoms with Crippen LogP contribution in [0.4, 0.5) is 0 Å². The smallest absolute Gasteiger partial charge is 0.184 e. The third kappa shape index (κ3) is 4.31. The van der Waals surface area contributed by atoms with E-state index in [1.54, 1.807) is 0 Å². The summed E-state index contributed by atoms with van der Waals surface area (Å²) in [7, 11) is 0. The summed E-state index contributed by atoms with van der Waals surface area (Å²) >= 11 is 0. The van der Waals surface area contributed by atoms with Crippen molar-refractivity contribution >= 4 is 0 Å². The van der Waals surface area contributed by atoms with Crippen LogP contribution in [0.1, 0.15) is 23.8 Å². The maximum atomic E-state index is 9.23. The van der Waals surface area contributed by atoms with Gasteiger partial charge >= 0.3 is 0 Å². The van der Waals surface area contributed by atoms with Gasteiger partial charge in [0, 0.05) is 12.0 Å². The Morgan fingerprint density at radius 1 is 0.962 bits per heavy atom. The van der Waals surface area contributed by atoms with Gasteiger partial charge in [0.05, 0.1) is 32.0 Å². The number of epoxide rings is 1. The Morgan fingerprint density at radius 2 is 1.69 bits per heavy atom. The lowest BCUT2D eigenvalue weighted by Gasteiger charge is -2.22. The summed E-state index contributed by atoms with van der Waals surface area (Å²) in [6.45, 7) is 1.04. The molecule has 2 aliphatic rings. The van der Waals surface area contributed by atoms with E-state index in [4.69, 9.17) is 18.9 Å². The van der Waals surface area contributed by atoms with E-state index in [2.05, 4.69) is 0 Å². The van der Waals surface area contributed by atoms with Gasteiger partial charge in [0.15, 0.2) is 6.29 Å². The van der Waals surface area contributed by atoms with Crippen molar-refractivity contribution in [1.82, 2.24) is 0 Å². The molecule has 2 fully saturated rings. The first kappa shape index (κ1) is 17.6. The van der Waals surface area contributed by atoms with Crippen molar-refractivity contribution in [2.45, 2.75) is 43.7 Å². The zero-order valence-corrected chi connectivity index (χ0v) is 14.6. The molecular formula is C21H24O5. The summed E-state index contributed by atoms with van der Waals surface area (Å²) in [5, 5.41) is 9.23. The van der Waals surface area contributed by atoms with Crippen molar-refractivity contribution in [2.24, 2.45) is 0 Å². The fraction of sp³-hybridized carbons (Fsp3) is 0.429. The molecule has 138 valence electrons. The second kappa shape index (κ2) is 8.29. The summed E-state index contributed by atoms with van der Waals surface area (Å²) in [5.41, 5.74) is 2.12. The summed E-state index contributed by atoms with van der Waals surface area (Å²) < 4.78 is 23.6. The Bertz CT molecular complexity index is 677. The third-order valence-corrected chi connectivity index (χ3v) is 4.84. The zero-order valence-electron chi connectivity index (χ0n) is 14.6. The van der Waals surface area contributed by atoms with Gasteiger partial charge in [-0.15, -0.1) is 0 Å². The van der Waals surface area contributed by atoms with Gasteiger partial charge in [-0.2, -0.15) is 0 Å². The number of aliphatic hydroxyl groups is 1. The Hall–Kier alpha value is -1.76. The van der Waals surface area contributed by atoms with E-state index in [1.807, 2.05) is 60.7 Å². The van der Waals surface area contributed by atoms with E-state index in [9.17, 15) is 5.11 Å². The first-order valence-corrected chi connectivity index (χ1v) is 9.07. The fourth-order valence-corrected chi connectivity index (χ4v) is 3.28. The highest BCUT2D eigenvalue weighted by molar-refractivity contribution is 5.17. The molecule has 26 heavy (non-hydrogen) atoms. The summed E-state index contributed by atoms with van der Waals surface area (Å²) in [5.74, 6) is 0. The van der Waals surface area contributed by atoms with Crippen LogP contribution < -0.4 is 0 Å². The fourth-order valence-electron chi connectivity index (χ4n) is 3.28. The average Bonchev–Trinajstić information content (AvgIpc) is 3.28. The maximum absolute atomic E-state index is 9.23. The number of aliphatic hydroxyl groups excluding tert-OH is 1. The van der Waals surface area contributed by atoms with E-state index >= 15 is 0 Å². The van der Waals surface area contributed by atoms with Crippen LogP contribution in [0.25, 0.3) is 0 Å². The lowest BCUT2D eigenvalue weighted by molar-refractivity contribution is -0.103. The number of hydrogen-bond acceptors (Lipinski definition) is 5. The SMILES string of the molecule is OC[C@@H]1O[C@H]1C[C@@H](OCc1ccccc1)[C@@H]1COC(c2ccccc2)O1. The minimum absolute atomic E-state index is 0.0279. The van der Waals surface area contributed by atoms with E-state index in [0.717, 1.165) is 11.1 Å². The highest BCUT2D eigenvalue weighted by atomic mass is 16.7. The highest BCUT2D eigenvalue weighted by Crippen LogP contribution is 2.34. The van der Waals surface area contributed by atoms with Crippen LogP contribution in [0.2, 0.25) is 0 Å². The Kier molecular flexibility index (Phi) is 5.62. The molecular weight excluding hydrogens is 332 g/mol. The number of benzene rings is 2. The topological polar surface area (TPSA) is 60.5 Å². The molecule has 1 N–H and O–H groups in total. The van der Waals surface area contributed by atoms with Gasteiger partial charge in [-0.25, -0.2) is 0 Å². The van der Waals surface area contributed by atoms with Crippen molar-refractivity contribution in [3.05, 3.63) is 71.8 Å². The van der Waals surface area contributed by atoms with E-state index in [-0.39, 0.29) is 37.3 Å². The molecule has 2 heterocycles.